The van der Waals surface area contributed by atoms with Crippen molar-refractivity contribution >= 4 is 53.1 Å². The summed E-state index contributed by atoms with van der Waals surface area (Å²) in [6, 6.07) is 23.8. The van der Waals surface area contributed by atoms with Crippen molar-refractivity contribution in [3.63, 3.8) is 0 Å². The lowest BCUT2D eigenvalue weighted by Gasteiger charge is -2.43. The average molecular weight is 865 g/mol. The number of fused-ring (bicyclic) bond motifs is 3. The van der Waals surface area contributed by atoms with Crippen LogP contribution in [0.15, 0.2) is 91.3 Å². The van der Waals surface area contributed by atoms with Crippen molar-refractivity contribution in [1.82, 2.24) is 10.2 Å². The number of benzene rings is 3. The quantitative estimate of drug-likeness (QED) is 0.0562. The maximum absolute atomic E-state index is 13.3. The topological polar surface area (TPSA) is 171 Å². The number of carbonyl (C=O) groups is 3. The highest BCUT2D eigenvalue weighted by Gasteiger charge is 2.37. The number of thiophene rings is 1. The van der Waals surface area contributed by atoms with Crippen LogP contribution in [0.3, 0.4) is 0 Å². The Kier molecular flexibility index (Phi) is 14.6. The minimum absolute atomic E-state index is 0.0706. The molecule has 5 heterocycles. The second-order valence-electron chi connectivity index (χ2n) is 14.0. The van der Waals surface area contributed by atoms with E-state index >= 15 is 0 Å². The molecule has 0 unspecified atom stereocenters. The summed E-state index contributed by atoms with van der Waals surface area (Å²) in [5.74, 6) is 0.218. The van der Waals surface area contributed by atoms with Gasteiger partial charge in [0.15, 0.2) is 23.9 Å². The number of ether oxygens (including phenoxy) is 4. The van der Waals surface area contributed by atoms with Gasteiger partial charge in [0.1, 0.15) is 33.4 Å². The molecule has 0 saturated carbocycles. The number of nitrogens with zero attached hydrogens (tertiary/aromatic N) is 2. The van der Waals surface area contributed by atoms with Gasteiger partial charge in [-0.3, -0.25) is 9.69 Å². The third-order valence-electron chi connectivity index (χ3n) is 10.5. The first-order valence-electron chi connectivity index (χ1n) is 18.7. The van der Waals surface area contributed by atoms with Crippen LogP contribution in [-0.4, -0.2) is 73.6 Å². The predicted molar refractivity (Wildman–Crippen MR) is 222 cm³/mol. The Morgan fingerprint density at radius 1 is 0.949 bits per heavy atom. The van der Waals surface area contributed by atoms with Gasteiger partial charge < -0.3 is 39.7 Å². The predicted octanol–water partition coefficient (Wildman–Crippen LogP) is 7.97. The Labute approximate surface area is 355 Å². The Bertz CT molecular complexity index is 2230. The summed E-state index contributed by atoms with van der Waals surface area (Å²) in [5, 5.41) is 32.8. The first-order valence-corrected chi connectivity index (χ1v) is 20.3. The molecule has 3 aliphatic heterocycles. The van der Waals surface area contributed by atoms with Crippen LogP contribution in [0.1, 0.15) is 67.2 Å². The van der Waals surface area contributed by atoms with Crippen molar-refractivity contribution in [2.24, 2.45) is 5.92 Å². The molecule has 0 spiro atoms. The van der Waals surface area contributed by atoms with E-state index in [1.165, 1.54) is 26.6 Å². The fraction of sp³-hybridized carbons (Fsp3) is 0.302. The van der Waals surface area contributed by atoms with Gasteiger partial charge >= 0.3 is 12.1 Å². The van der Waals surface area contributed by atoms with Gasteiger partial charge in [0.05, 0.1) is 20.3 Å². The first kappa shape index (κ1) is 43.0. The summed E-state index contributed by atoms with van der Waals surface area (Å²) < 4.78 is 23.8. The van der Waals surface area contributed by atoms with Crippen molar-refractivity contribution in [3.05, 3.63) is 144 Å². The molecule has 1 amide bonds. The fourth-order valence-corrected chi connectivity index (χ4v) is 9.21. The van der Waals surface area contributed by atoms with Crippen LogP contribution in [0.2, 0.25) is 10.0 Å². The second-order valence-corrected chi connectivity index (χ2v) is 16.0. The molecule has 3 fully saturated rings. The molecule has 3 aromatic carbocycles. The molecule has 3 atom stereocenters. The molecule has 59 heavy (non-hydrogen) atoms. The van der Waals surface area contributed by atoms with E-state index in [9.17, 15) is 19.9 Å². The largest absolute Gasteiger partial charge is 0.619 e. The number of alkyl carbamates (subject to hydrolysis) is 1. The number of carboxylic acid groups (broad SMARTS) is 2. The zero-order chi connectivity index (χ0) is 42.1. The lowest BCUT2D eigenvalue weighted by molar-refractivity contribution is -0.605. The number of aromatic carboxylic acids is 1. The molecule has 2 aromatic heterocycles. The van der Waals surface area contributed by atoms with Crippen molar-refractivity contribution in [2.75, 3.05) is 33.9 Å². The summed E-state index contributed by atoms with van der Waals surface area (Å²) in [4.78, 5) is 37.6. The normalized spacial score (nSPS) is 17.7. The maximum atomic E-state index is 13.3. The number of rotatable bonds is 14. The van der Waals surface area contributed by atoms with E-state index in [0.717, 1.165) is 60.5 Å². The van der Waals surface area contributed by atoms with Crippen LogP contribution in [0.25, 0.3) is 0 Å². The molecule has 8 rings (SSSR count). The van der Waals surface area contributed by atoms with E-state index in [4.69, 9.17) is 52.1 Å². The summed E-state index contributed by atoms with van der Waals surface area (Å²) in [6.07, 6.45) is 4.09. The molecule has 3 saturated heterocycles. The number of amides is 1. The second kappa shape index (κ2) is 19.9. The van der Waals surface area contributed by atoms with Gasteiger partial charge in [0.2, 0.25) is 0 Å². The molecule has 5 aromatic rings. The van der Waals surface area contributed by atoms with Gasteiger partial charge in [-0.2, -0.15) is 4.73 Å². The SMILES string of the molecule is COc1ccc([C@H](Cc2c(Cl)c[n+]([O-])cc2Cl)c2cc(COc3cccc([C@@H](NC(=O)O[C@H]4CN5CCC4CC5)c4ccccc4)c3)sc2C(=O)O)cc1OC.O=CO. The van der Waals surface area contributed by atoms with Crippen LogP contribution < -0.4 is 24.3 Å². The Balaban J connectivity index is 0.00000189. The highest BCUT2D eigenvalue weighted by Crippen LogP contribution is 2.41. The zero-order valence-electron chi connectivity index (χ0n) is 32.2. The van der Waals surface area contributed by atoms with Gasteiger partial charge in [0, 0.05) is 22.9 Å². The smallest absolute Gasteiger partial charge is 0.408 e. The molecule has 13 nitrogen and oxygen atoms in total. The number of aromatic nitrogens is 1. The number of nitrogens with one attached hydrogen (secondary N) is 1. The number of halogens is 2. The minimum Gasteiger partial charge on any atom is -0.619 e. The van der Waals surface area contributed by atoms with Crippen LogP contribution in [0, 0.1) is 11.1 Å². The summed E-state index contributed by atoms with van der Waals surface area (Å²) >= 11 is 14.2. The number of hydrogen-bond donors (Lipinski definition) is 3. The molecule has 16 heteroatoms. The molecule has 3 aliphatic rings. The fourth-order valence-electron chi connectivity index (χ4n) is 7.64. The van der Waals surface area contributed by atoms with E-state index < -0.39 is 24.0 Å². The van der Waals surface area contributed by atoms with E-state index in [1.54, 1.807) is 12.1 Å². The third kappa shape index (κ3) is 10.6. The molecule has 3 N–H and O–H groups in total. The van der Waals surface area contributed by atoms with Gasteiger partial charge in [-0.1, -0.05) is 71.7 Å². The van der Waals surface area contributed by atoms with Crippen molar-refractivity contribution in [2.45, 2.75) is 43.9 Å². The van der Waals surface area contributed by atoms with Gasteiger partial charge in [-0.05, 0) is 90.9 Å². The third-order valence-corrected chi connectivity index (χ3v) is 12.2. The molecule has 2 bridgehead atoms. The van der Waals surface area contributed by atoms with Crippen molar-refractivity contribution < 1.29 is 48.3 Å². The molecule has 310 valence electrons. The van der Waals surface area contributed by atoms with E-state index in [2.05, 4.69) is 10.2 Å². The number of piperidine rings is 3. The number of carboxylic acids is 1. The maximum Gasteiger partial charge on any atom is 0.408 e. The summed E-state index contributed by atoms with van der Waals surface area (Å²) in [5.41, 5.74) is 3.41. The molecular formula is C43H43Cl2N3O10S. The Morgan fingerprint density at radius 3 is 2.25 bits per heavy atom. The summed E-state index contributed by atoms with van der Waals surface area (Å²) in [7, 11) is 3.06. The lowest BCUT2D eigenvalue weighted by atomic mass is 9.85. The molecule has 0 radical (unpaired) electrons. The van der Waals surface area contributed by atoms with Crippen molar-refractivity contribution in [3.8, 4) is 17.2 Å². The van der Waals surface area contributed by atoms with E-state index in [0.29, 0.717) is 43.9 Å². The van der Waals surface area contributed by atoms with Gasteiger partial charge in [-0.15, -0.1) is 11.3 Å². The highest BCUT2D eigenvalue weighted by molar-refractivity contribution is 7.14. The monoisotopic (exact) mass is 863 g/mol. The Morgan fingerprint density at radius 2 is 1.63 bits per heavy atom. The number of hydrogen-bond acceptors (Lipinski definition) is 10. The summed E-state index contributed by atoms with van der Waals surface area (Å²) in [6.45, 7) is 2.68. The number of pyridine rings is 1. The van der Waals surface area contributed by atoms with Crippen LogP contribution in [-0.2, 0) is 22.6 Å². The van der Waals surface area contributed by atoms with Crippen LogP contribution in [0.4, 0.5) is 4.79 Å². The number of methoxy groups -OCH3 is 2. The van der Waals surface area contributed by atoms with Crippen molar-refractivity contribution in [1.29, 1.82) is 0 Å². The number of carbonyl (C=O) groups excluding carboxylic acids is 1. The minimum atomic E-state index is -1.10. The van der Waals surface area contributed by atoms with Gasteiger partial charge in [0.25, 0.3) is 6.47 Å². The van der Waals surface area contributed by atoms with Gasteiger partial charge in [-0.25, -0.2) is 9.59 Å². The average Bonchev–Trinajstić information content (AvgIpc) is 3.67. The zero-order valence-corrected chi connectivity index (χ0v) is 34.5. The Hall–Kier alpha value is -5.54. The van der Waals surface area contributed by atoms with E-state index in [1.807, 2.05) is 66.7 Å². The molecule has 0 aliphatic carbocycles. The highest BCUT2D eigenvalue weighted by atomic mass is 35.5. The van der Waals surface area contributed by atoms with E-state index in [-0.39, 0.29) is 40.5 Å². The van der Waals surface area contributed by atoms with Crippen LogP contribution in [0.5, 0.6) is 17.2 Å². The lowest BCUT2D eigenvalue weighted by Crippen LogP contribution is -2.52. The van der Waals surface area contributed by atoms with Crippen LogP contribution >= 0.6 is 34.5 Å². The first-order chi connectivity index (χ1) is 28.5. The standard InChI is InChI=1S/C42H41Cl2N3O8S.CH2O2/c1-52-36-12-11-27(18-37(36)53-2)31(20-33-34(43)21-47(51)22-35(33)44)32-19-30(56-40(32)41(48)49)24-54-29-10-6-9-28(17-29)39(26-7-4-3-5-8-26)45-42(50)55-38-23-46-15-13-25(38)14-16-46;2-1-3/h3-12,17-19,21-22,25,31,38-39H,13-16,20,23-24H2,1-2H3,(H,45,50)(H,48,49);1H,(H,2,3)/t31-,38-,39-;/m0./s1. The molecular weight excluding hydrogens is 821 g/mol.